The van der Waals surface area contributed by atoms with Crippen LogP contribution >= 0.6 is 11.3 Å². The van der Waals surface area contributed by atoms with Crippen LogP contribution in [-0.2, 0) is 11.2 Å². The van der Waals surface area contributed by atoms with Gasteiger partial charge in [-0.05, 0) is 36.2 Å². The molecule has 2 aromatic carbocycles. The molecule has 0 fully saturated rings. The van der Waals surface area contributed by atoms with Gasteiger partial charge in [-0.15, -0.1) is 11.3 Å². The molecular formula is C18H15N3O2S. The Kier molecular flexibility index (Phi) is 3.76. The van der Waals surface area contributed by atoms with Crippen LogP contribution in [0.2, 0.25) is 0 Å². The summed E-state index contributed by atoms with van der Waals surface area (Å²) in [5.74, 6) is -0.115. The van der Waals surface area contributed by atoms with Gasteiger partial charge in [-0.25, -0.2) is 4.98 Å². The van der Waals surface area contributed by atoms with Gasteiger partial charge >= 0.3 is 0 Å². The van der Waals surface area contributed by atoms with E-state index in [1.54, 1.807) is 11.7 Å². The third-order valence-corrected chi connectivity index (χ3v) is 4.86. The van der Waals surface area contributed by atoms with Crippen molar-refractivity contribution in [3.05, 3.63) is 59.2 Å². The first-order chi connectivity index (χ1) is 11.8. The first-order valence-electron chi connectivity index (χ1n) is 7.60. The molecule has 1 aliphatic heterocycles. The Morgan fingerprint density at radius 1 is 1.21 bits per heavy atom. The number of rotatable bonds is 4. The zero-order valence-electron chi connectivity index (χ0n) is 12.7. The van der Waals surface area contributed by atoms with E-state index >= 15 is 0 Å². The normalized spacial score (nSPS) is 14.9. The number of carbonyl (C=O) groups is 1. The third kappa shape index (κ3) is 2.55. The highest BCUT2D eigenvalue weighted by molar-refractivity contribution is 7.17. The summed E-state index contributed by atoms with van der Waals surface area (Å²) < 4.78 is 1.01. The van der Waals surface area contributed by atoms with Crippen LogP contribution < -0.4 is 10.6 Å². The average molecular weight is 337 g/mol. The van der Waals surface area contributed by atoms with Crippen LogP contribution in [0.3, 0.4) is 0 Å². The number of amides is 1. The summed E-state index contributed by atoms with van der Waals surface area (Å²) in [6.07, 6.45) is 2.38. The Bertz CT molecular complexity index is 945. The molecule has 5 nitrogen and oxygen atoms in total. The van der Waals surface area contributed by atoms with E-state index in [-0.39, 0.29) is 12.5 Å². The number of nitrogens with zero attached hydrogens (tertiary/aromatic N) is 1. The monoisotopic (exact) mass is 337 g/mol. The van der Waals surface area contributed by atoms with Crippen molar-refractivity contribution >= 4 is 44.4 Å². The summed E-state index contributed by atoms with van der Waals surface area (Å²) >= 11 is 1.53. The fourth-order valence-corrected chi connectivity index (χ4v) is 3.64. The average Bonchev–Trinajstić information content (AvgIpc) is 3.18. The van der Waals surface area contributed by atoms with Gasteiger partial charge in [-0.2, -0.15) is 0 Å². The first kappa shape index (κ1) is 14.9. The minimum Gasteiger partial charge on any atom is -0.396 e. The molecule has 1 amide bonds. The van der Waals surface area contributed by atoms with Gasteiger partial charge in [-0.1, -0.05) is 12.1 Å². The van der Waals surface area contributed by atoms with Crippen molar-refractivity contribution in [2.24, 2.45) is 0 Å². The summed E-state index contributed by atoms with van der Waals surface area (Å²) in [6.45, 7) is 0.138. The number of fused-ring (bicyclic) bond motifs is 3. The van der Waals surface area contributed by atoms with Gasteiger partial charge in [0.05, 0.1) is 27.0 Å². The van der Waals surface area contributed by atoms with E-state index in [0.717, 1.165) is 32.7 Å². The van der Waals surface area contributed by atoms with Crippen molar-refractivity contribution in [1.29, 1.82) is 0 Å². The number of aliphatic hydroxyl groups is 1. The zero-order chi connectivity index (χ0) is 16.5. The van der Waals surface area contributed by atoms with Crippen molar-refractivity contribution in [3.63, 3.8) is 0 Å². The largest absolute Gasteiger partial charge is 0.396 e. The molecule has 0 unspecified atom stereocenters. The number of anilines is 2. The highest BCUT2D eigenvalue weighted by Gasteiger charge is 2.27. The topological polar surface area (TPSA) is 74.2 Å². The highest BCUT2D eigenvalue weighted by atomic mass is 32.1. The van der Waals surface area contributed by atoms with Crippen LogP contribution in [0.5, 0.6) is 0 Å². The van der Waals surface area contributed by atoms with Gasteiger partial charge in [0, 0.05) is 24.1 Å². The summed E-state index contributed by atoms with van der Waals surface area (Å²) in [5, 5.41) is 15.0. The van der Waals surface area contributed by atoms with Crippen LogP contribution in [0.4, 0.5) is 11.4 Å². The SMILES string of the molecule is O=C1Nc2ccc3ncsc3c2/C1=C\Nc1ccc(CCO)cc1. The van der Waals surface area contributed by atoms with Gasteiger partial charge < -0.3 is 15.7 Å². The van der Waals surface area contributed by atoms with E-state index in [1.165, 1.54) is 11.3 Å². The zero-order valence-corrected chi connectivity index (χ0v) is 13.6. The molecular weight excluding hydrogens is 322 g/mol. The number of aromatic nitrogens is 1. The maximum absolute atomic E-state index is 12.3. The van der Waals surface area contributed by atoms with E-state index in [9.17, 15) is 4.79 Å². The third-order valence-electron chi connectivity index (χ3n) is 4.00. The van der Waals surface area contributed by atoms with Crippen molar-refractivity contribution < 1.29 is 9.90 Å². The molecule has 0 bridgehead atoms. The van der Waals surface area contributed by atoms with E-state index in [4.69, 9.17) is 5.11 Å². The van der Waals surface area contributed by atoms with Gasteiger partial charge in [0.2, 0.25) is 0 Å². The number of carbonyl (C=O) groups excluding carboxylic acids is 1. The lowest BCUT2D eigenvalue weighted by Gasteiger charge is -2.05. The second-order valence-corrected chi connectivity index (χ2v) is 6.37. The molecule has 0 aliphatic carbocycles. The Labute approximate surface area is 142 Å². The molecule has 6 heteroatoms. The number of benzene rings is 2. The Hall–Kier alpha value is -2.70. The van der Waals surface area contributed by atoms with Gasteiger partial charge in [-0.3, -0.25) is 4.79 Å². The molecule has 2 heterocycles. The number of hydrogen-bond donors (Lipinski definition) is 3. The van der Waals surface area contributed by atoms with Crippen molar-refractivity contribution in [1.82, 2.24) is 4.98 Å². The lowest BCUT2D eigenvalue weighted by molar-refractivity contribution is -0.110. The Balaban J connectivity index is 1.66. The maximum atomic E-state index is 12.3. The molecule has 4 rings (SSSR count). The minimum atomic E-state index is -0.115. The summed E-state index contributed by atoms with van der Waals surface area (Å²) in [6, 6.07) is 11.6. The number of thiazole rings is 1. The lowest BCUT2D eigenvalue weighted by Crippen LogP contribution is -2.05. The molecule has 3 N–H and O–H groups in total. The van der Waals surface area contributed by atoms with E-state index in [1.807, 2.05) is 36.4 Å². The minimum absolute atomic E-state index is 0.115. The first-order valence-corrected chi connectivity index (χ1v) is 8.48. The van der Waals surface area contributed by atoms with Crippen LogP contribution in [0, 0.1) is 0 Å². The summed E-state index contributed by atoms with van der Waals surface area (Å²) in [7, 11) is 0. The van der Waals surface area contributed by atoms with Gasteiger partial charge in [0.25, 0.3) is 5.91 Å². The molecule has 3 aromatic rings. The van der Waals surface area contributed by atoms with Crippen molar-refractivity contribution in [2.45, 2.75) is 6.42 Å². The van der Waals surface area contributed by atoms with Gasteiger partial charge in [0.15, 0.2) is 0 Å². The smallest absolute Gasteiger partial charge is 0.257 e. The number of aliphatic hydroxyl groups excluding tert-OH is 1. The standard InChI is InChI=1S/C18H15N3O2S/c22-8-7-11-1-3-12(4-2-11)19-9-13-16-14(21-18(13)23)5-6-15-17(16)24-10-20-15/h1-6,9-10,19,22H,7-8H2,(H,21,23)/b13-9+. The number of hydrogen-bond acceptors (Lipinski definition) is 5. The molecule has 0 saturated heterocycles. The number of nitrogens with one attached hydrogen (secondary N) is 2. The van der Waals surface area contributed by atoms with Crippen molar-refractivity contribution in [3.8, 4) is 0 Å². The van der Waals surface area contributed by atoms with E-state index in [2.05, 4.69) is 15.6 Å². The van der Waals surface area contributed by atoms with E-state index in [0.29, 0.717) is 12.0 Å². The van der Waals surface area contributed by atoms with Crippen LogP contribution in [-0.4, -0.2) is 22.6 Å². The molecule has 24 heavy (non-hydrogen) atoms. The van der Waals surface area contributed by atoms with Gasteiger partial charge in [0.1, 0.15) is 0 Å². The molecule has 120 valence electrons. The fraction of sp³-hybridized carbons (Fsp3) is 0.111. The lowest BCUT2D eigenvalue weighted by atomic mass is 10.1. The predicted molar refractivity (Wildman–Crippen MR) is 97.1 cm³/mol. The summed E-state index contributed by atoms with van der Waals surface area (Å²) in [4.78, 5) is 16.6. The molecule has 0 saturated carbocycles. The maximum Gasteiger partial charge on any atom is 0.257 e. The van der Waals surface area contributed by atoms with Crippen LogP contribution in [0.25, 0.3) is 15.8 Å². The Morgan fingerprint density at radius 2 is 2.04 bits per heavy atom. The van der Waals surface area contributed by atoms with Crippen molar-refractivity contribution in [2.75, 3.05) is 17.2 Å². The molecule has 0 atom stereocenters. The molecule has 1 aromatic heterocycles. The Morgan fingerprint density at radius 3 is 2.83 bits per heavy atom. The van der Waals surface area contributed by atoms with Crippen LogP contribution in [0.1, 0.15) is 11.1 Å². The molecule has 0 spiro atoms. The second kappa shape index (κ2) is 6.07. The molecule has 0 radical (unpaired) electrons. The van der Waals surface area contributed by atoms with Crippen LogP contribution in [0.15, 0.2) is 48.1 Å². The fourth-order valence-electron chi connectivity index (χ4n) is 2.79. The summed E-state index contributed by atoms with van der Waals surface area (Å²) in [5.41, 5.74) is 6.99. The van der Waals surface area contributed by atoms with E-state index < -0.39 is 0 Å². The highest BCUT2D eigenvalue weighted by Crippen LogP contribution is 2.39. The quantitative estimate of drug-likeness (QED) is 0.639. The predicted octanol–water partition coefficient (Wildman–Crippen LogP) is 3.24. The molecule has 1 aliphatic rings. The second-order valence-electron chi connectivity index (χ2n) is 5.52.